The number of anilines is 2. The van der Waals surface area contributed by atoms with Gasteiger partial charge in [0.1, 0.15) is 17.4 Å². The van der Waals surface area contributed by atoms with Crippen LogP contribution in [-0.4, -0.2) is 33.5 Å². The maximum Gasteiger partial charge on any atom is 0.150 e. The summed E-state index contributed by atoms with van der Waals surface area (Å²) in [6.07, 6.45) is 7.29. The minimum Gasteiger partial charge on any atom is -0.496 e. The van der Waals surface area contributed by atoms with E-state index in [1.807, 2.05) is 12.1 Å². The highest BCUT2D eigenvalue weighted by molar-refractivity contribution is 5.50. The first-order chi connectivity index (χ1) is 13.7. The molecule has 1 aliphatic heterocycles. The van der Waals surface area contributed by atoms with Crippen molar-refractivity contribution in [2.75, 3.05) is 19.0 Å². The van der Waals surface area contributed by atoms with Crippen LogP contribution in [0.1, 0.15) is 35.7 Å². The van der Waals surface area contributed by atoms with Gasteiger partial charge in [0.25, 0.3) is 0 Å². The number of ether oxygens (including phenoxy) is 1. The number of nitrogens with one attached hydrogen (secondary N) is 1. The maximum atomic E-state index is 5.60. The van der Waals surface area contributed by atoms with Crippen LogP contribution in [0.4, 0.5) is 11.6 Å². The minimum atomic E-state index is 0.301. The molecule has 2 aromatic heterocycles. The minimum absolute atomic E-state index is 0.301. The highest BCUT2D eigenvalue weighted by Gasteiger charge is 2.28. The number of pyridine rings is 1. The molecule has 1 atom stereocenters. The van der Waals surface area contributed by atoms with E-state index in [0.717, 1.165) is 36.8 Å². The number of aromatic nitrogens is 3. The third kappa shape index (κ3) is 4.12. The normalized spacial score (nSPS) is 16.9. The average Bonchev–Trinajstić information content (AvgIpc) is 3.18. The number of benzene rings is 1. The summed E-state index contributed by atoms with van der Waals surface area (Å²) in [6.45, 7) is 4.01. The summed E-state index contributed by atoms with van der Waals surface area (Å²) in [5.74, 6) is 2.44. The van der Waals surface area contributed by atoms with Gasteiger partial charge in [0.15, 0.2) is 0 Å². The number of likely N-dealkylation sites (tertiary alicyclic amines) is 1. The summed E-state index contributed by atoms with van der Waals surface area (Å²) < 4.78 is 5.60. The standard InChI is InChI=1S/C22H25N5O/c1-16-8-9-17(20(13-16)28-2)15-27-12-4-6-19(27)18-5-3-7-21(25-18)26-22-14-23-10-11-24-22/h3,5,7-11,13-14,19H,4,6,12,15H2,1-2H3,(H,24,25,26). The van der Waals surface area contributed by atoms with E-state index in [-0.39, 0.29) is 0 Å². The predicted octanol–water partition coefficient (Wildman–Crippen LogP) is 4.27. The molecule has 3 aromatic rings. The van der Waals surface area contributed by atoms with Gasteiger partial charge in [-0.05, 0) is 50.1 Å². The van der Waals surface area contributed by atoms with Crippen molar-refractivity contribution in [3.8, 4) is 5.75 Å². The van der Waals surface area contributed by atoms with Crippen LogP contribution in [0.2, 0.25) is 0 Å². The third-order valence-electron chi connectivity index (χ3n) is 5.11. The largest absolute Gasteiger partial charge is 0.496 e. The van der Waals surface area contributed by atoms with Crippen LogP contribution in [0.5, 0.6) is 5.75 Å². The molecular weight excluding hydrogens is 350 g/mol. The van der Waals surface area contributed by atoms with E-state index in [1.165, 1.54) is 17.5 Å². The van der Waals surface area contributed by atoms with Gasteiger partial charge in [-0.15, -0.1) is 0 Å². The second-order valence-electron chi connectivity index (χ2n) is 7.11. The molecule has 6 heteroatoms. The number of nitrogens with zero attached hydrogens (tertiary/aromatic N) is 4. The first-order valence-corrected chi connectivity index (χ1v) is 9.60. The Balaban J connectivity index is 1.53. The van der Waals surface area contributed by atoms with E-state index < -0.39 is 0 Å². The first kappa shape index (κ1) is 18.4. The lowest BCUT2D eigenvalue weighted by Gasteiger charge is -2.25. The fourth-order valence-corrected chi connectivity index (χ4v) is 3.75. The molecule has 1 saturated heterocycles. The van der Waals surface area contributed by atoms with Gasteiger partial charge in [-0.25, -0.2) is 9.97 Å². The van der Waals surface area contributed by atoms with Crippen LogP contribution in [0.15, 0.2) is 55.0 Å². The van der Waals surface area contributed by atoms with Gasteiger partial charge in [-0.2, -0.15) is 0 Å². The quantitative estimate of drug-likeness (QED) is 0.694. The highest BCUT2D eigenvalue weighted by Crippen LogP contribution is 2.34. The van der Waals surface area contributed by atoms with Crippen LogP contribution >= 0.6 is 0 Å². The molecule has 0 saturated carbocycles. The summed E-state index contributed by atoms with van der Waals surface area (Å²) in [4.78, 5) is 15.7. The van der Waals surface area contributed by atoms with Crippen molar-refractivity contribution in [2.24, 2.45) is 0 Å². The fourth-order valence-electron chi connectivity index (χ4n) is 3.75. The maximum absolute atomic E-state index is 5.60. The number of hydrogen-bond acceptors (Lipinski definition) is 6. The molecule has 0 spiro atoms. The second-order valence-corrected chi connectivity index (χ2v) is 7.11. The average molecular weight is 375 g/mol. The SMILES string of the molecule is COc1cc(C)ccc1CN1CCCC1c1cccc(Nc2cnccn2)n1. The summed E-state index contributed by atoms with van der Waals surface area (Å²) >= 11 is 0. The Bertz CT molecular complexity index is 931. The molecular formula is C22H25N5O. The third-order valence-corrected chi connectivity index (χ3v) is 5.11. The number of rotatable bonds is 6. The fraction of sp³-hybridized carbons (Fsp3) is 0.318. The van der Waals surface area contributed by atoms with Gasteiger partial charge in [-0.3, -0.25) is 9.88 Å². The van der Waals surface area contributed by atoms with E-state index >= 15 is 0 Å². The van der Waals surface area contributed by atoms with Crippen molar-refractivity contribution in [3.05, 3.63) is 71.8 Å². The summed E-state index contributed by atoms with van der Waals surface area (Å²) in [5.41, 5.74) is 3.51. The molecule has 6 nitrogen and oxygen atoms in total. The zero-order valence-electron chi connectivity index (χ0n) is 16.3. The predicted molar refractivity (Wildman–Crippen MR) is 110 cm³/mol. The molecule has 1 aliphatic rings. The first-order valence-electron chi connectivity index (χ1n) is 9.60. The van der Waals surface area contributed by atoms with Crippen molar-refractivity contribution in [2.45, 2.75) is 32.4 Å². The molecule has 1 unspecified atom stereocenters. The van der Waals surface area contributed by atoms with Crippen LogP contribution in [-0.2, 0) is 6.54 Å². The van der Waals surface area contributed by atoms with Gasteiger partial charge in [0.05, 0.1) is 25.0 Å². The van der Waals surface area contributed by atoms with Gasteiger partial charge >= 0.3 is 0 Å². The van der Waals surface area contributed by atoms with Crippen LogP contribution in [0.25, 0.3) is 0 Å². The zero-order chi connectivity index (χ0) is 19.3. The topological polar surface area (TPSA) is 63.2 Å². The Kier molecular flexibility index (Phi) is 5.48. The van der Waals surface area contributed by atoms with Crippen molar-refractivity contribution >= 4 is 11.6 Å². The molecule has 0 bridgehead atoms. The summed E-state index contributed by atoms with van der Waals surface area (Å²) in [5, 5.41) is 3.23. The second kappa shape index (κ2) is 8.35. The lowest BCUT2D eigenvalue weighted by Crippen LogP contribution is -2.24. The van der Waals surface area contributed by atoms with Gasteiger partial charge in [0, 0.05) is 24.5 Å². The molecule has 0 amide bonds. The molecule has 1 N–H and O–H groups in total. The van der Waals surface area contributed by atoms with Gasteiger partial charge in [-0.1, -0.05) is 18.2 Å². The van der Waals surface area contributed by atoms with Crippen molar-refractivity contribution in [1.29, 1.82) is 0 Å². The number of methoxy groups -OCH3 is 1. The van der Waals surface area contributed by atoms with E-state index in [2.05, 4.69) is 51.4 Å². The smallest absolute Gasteiger partial charge is 0.150 e. The van der Waals surface area contributed by atoms with Crippen molar-refractivity contribution < 1.29 is 4.74 Å². The van der Waals surface area contributed by atoms with Crippen LogP contribution in [0, 0.1) is 6.92 Å². The molecule has 1 aromatic carbocycles. The zero-order valence-corrected chi connectivity index (χ0v) is 16.3. The summed E-state index contributed by atoms with van der Waals surface area (Å²) in [7, 11) is 1.74. The van der Waals surface area contributed by atoms with E-state index in [9.17, 15) is 0 Å². The molecule has 144 valence electrons. The Morgan fingerprint density at radius 1 is 1.18 bits per heavy atom. The van der Waals surface area contributed by atoms with Crippen molar-refractivity contribution in [1.82, 2.24) is 19.9 Å². The lowest BCUT2D eigenvalue weighted by atomic mass is 10.1. The molecule has 1 fully saturated rings. The Morgan fingerprint density at radius 3 is 2.93 bits per heavy atom. The Morgan fingerprint density at radius 2 is 2.11 bits per heavy atom. The lowest BCUT2D eigenvalue weighted by molar-refractivity contribution is 0.240. The highest BCUT2D eigenvalue weighted by atomic mass is 16.5. The van der Waals surface area contributed by atoms with Gasteiger partial charge < -0.3 is 10.1 Å². The molecule has 0 aliphatic carbocycles. The van der Waals surface area contributed by atoms with E-state index in [4.69, 9.17) is 9.72 Å². The molecule has 28 heavy (non-hydrogen) atoms. The number of hydrogen-bond donors (Lipinski definition) is 1. The Hall–Kier alpha value is -2.99. The van der Waals surface area contributed by atoms with Crippen molar-refractivity contribution in [3.63, 3.8) is 0 Å². The molecule has 4 rings (SSSR count). The summed E-state index contributed by atoms with van der Waals surface area (Å²) in [6, 6.07) is 12.8. The van der Waals surface area contributed by atoms with E-state index in [0.29, 0.717) is 11.9 Å². The van der Waals surface area contributed by atoms with Crippen LogP contribution < -0.4 is 10.1 Å². The van der Waals surface area contributed by atoms with Gasteiger partial charge in [0.2, 0.25) is 0 Å². The van der Waals surface area contributed by atoms with E-state index in [1.54, 1.807) is 25.7 Å². The molecule has 0 radical (unpaired) electrons. The number of aryl methyl sites for hydroxylation is 1. The molecule has 3 heterocycles. The van der Waals surface area contributed by atoms with Crippen LogP contribution in [0.3, 0.4) is 0 Å². The monoisotopic (exact) mass is 375 g/mol. The Labute approximate surface area is 165 Å².